The molecule has 0 unspecified atom stereocenters. The first-order valence-electron chi connectivity index (χ1n) is 12.1. The predicted octanol–water partition coefficient (Wildman–Crippen LogP) is 3.79. The van der Waals surface area contributed by atoms with E-state index >= 15 is 0 Å². The summed E-state index contributed by atoms with van der Waals surface area (Å²) in [6, 6.07) is 9.40. The maximum atomic E-state index is 13.5. The highest BCUT2D eigenvalue weighted by Gasteiger charge is 2.32. The van der Waals surface area contributed by atoms with Gasteiger partial charge >= 0.3 is 0 Å². The number of rotatable bonds is 4. The second-order valence-corrected chi connectivity index (χ2v) is 9.21. The lowest BCUT2D eigenvalue weighted by Crippen LogP contribution is -2.38. The lowest BCUT2D eigenvalue weighted by atomic mass is 9.99. The molecule has 4 aromatic heterocycles. The fourth-order valence-corrected chi connectivity index (χ4v) is 5.14. The van der Waals surface area contributed by atoms with Gasteiger partial charge in [-0.2, -0.15) is 10.2 Å². The van der Waals surface area contributed by atoms with Crippen molar-refractivity contribution in [2.45, 2.75) is 45.1 Å². The maximum absolute atomic E-state index is 13.5. The summed E-state index contributed by atoms with van der Waals surface area (Å²) < 4.78 is 1.86. The lowest BCUT2D eigenvalue weighted by Gasteiger charge is -2.34. The van der Waals surface area contributed by atoms with E-state index < -0.39 is 0 Å². The van der Waals surface area contributed by atoms with Gasteiger partial charge in [0.05, 0.1) is 17.4 Å². The molecule has 0 saturated carbocycles. The minimum Gasteiger partial charge on any atom is -0.356 e. The fourth-order valence-electron chi connectivity index (χ4n) is 5.14. The van der Waals surface area contributed by atoms with Crippen LogP contribution in [0.15, 0.2) is 42.7 Å². The van der Waals surface area contributed by atoms with Crippen LogP contribution in [-0.4, -0.2) is 60.2 Å². The predicted molar refractivity (Wildman–Crippen MR) is 129 cm³/mol. The van der Waals surface area contributed by atoms with Gasteiger partial charge in [-0.25, -0.2) is 9.50 Å². The molecule has 1 amide bonds. The number of pyridine rings is 1. The minimum absolute atomic E-state index is 0.0571. The summed E-state index contributed by atoms with van der Waals surface area (Å²) in [7, 11) is 0. The van der Waals surface area contributed by atoms with Crippen LogP contribution in [0.3, 0.4) is 0 Å². The van der Waals surface area contributed by atoms with Crippen LogP contribution < -0.4 is 4.90 Å². The van der Waals surface area contributed by atoms with Gasteiger partial charge in [0, 0.05) is 43.7 Å². The van der Waals surface area contributed by atoms with Gasteiger partial charge in [-0.05, 0) is 57.2 Å². The number of anilines is 1. The van der Waals surface area contributed by atoms with Crippen molar-refractivity contribution in [3.63, 3.8) is 0 Å². The number of nitrogens with one attached hydrogen (secondary N) is 1. The van der Waals surface area contributed by atoms with Gasteiger partial charge in [0.2, 0.25) is 0 Å². The molecule has 34 heavy (non-hydrogen) atoms. The number of H-pyrrole nitrogens is 1. The molecule has 1 atom stereocenters. The molecule has 1 N–H and O–H groups in total. The Kier molecular flexibility index (Phi) is 5.24. The van der Waals surface area contributed by atoms with Crippen molar-refractivity contribution in [1.29, 1.82) is 0 Å². The SMILES string of the molecule is Cc1cn2nc([C@@H]3CCCCN3C(=O)c3cc(-c4ccccn4)n[nH]3)cc2nc1N1CCCC1. The number of aromatic nitrogens is 6. The Morgan fingerprint density at radius 3 is 2.74 bits per heavy atom. The number of amides is 1. The summed E-state index contributed by atoms with van der Waals surface area (Å²) in [5, 5.41) is 12.1. The molecule has 174 valence electrons. The zero-order valence-corrected chi connectivity index (χ0v) is 19.3. The second kappa shape index (κ2) is 8.55. The van der Waals surface area contributed by atoms with E-state index in [0.717, 1.165) is 60.8 Å². The van der Waals surface area contributed by atoms with Gasteiger partial charge in [-0.15, -0.1) is 0 Å². The monoisotopic (exact) mass is 456 g/mol. The smallest absolute Gasteiger partial charge is 0.272 e. The number of aryl methyl sites for hydroxylation is 1. The summed E-state index contributed by atoms with van der Waals surface area (Å²) in [6.45, 7) is 4.90. The van der Waals surface area contributed by atoms with Gasteiger partial charge in [0.25, 0.3) is 5.91 Å². The highest BCUT2D eigenvalue weighted by Crippen LogP contribution is 2.33. The molecule has 0 radical (unpaired) electrons. The zero-order valence-electron chi connectivity index (χ0n) is 19.3. The van der Waals surface area contributed by atoms with E-state index in [0.29, 0.717) is 17.9 Å². The van der Waals surface area contributed by atoms with Crippen LogP contribution in [0.4, 0.5) is 5.82 Å². The van der Waals surface area contributed by atoms with Gasteiger partial charge in [0.15, 0.2) is 5.65 Å². The van der Waals surface area contributed by atoms with Crippen LogP contribution >= 0.6 is 0 Å². The Balaban J connectivity index is 1.29. The standard InChI is InChI=1S/C25H28N8O/c1-17-16-33-23(27-24(17)31-11-6-7-12-31)15-20(30-33)22-9-3-5-13-32(22)25(34)21-14-19(28-29-21)18-8-2-4-10-26-18/h2,4,8,10,14-16,22H,3,5-7,9,11-13H2,1H3,(H,28,29)/t22-/m0/s1. The number of nitrogens with zero attached hydrogens (tertiary/aromatic N) is 7. The van der Waals surface area contributed by atoms with Crippen molar-refractivity contribution < 1.29 is 4.79 Å². The average molecular weight is 457 g/mol. The van der Waals surface area contributed by atoms with E-state index in [4.69, 9.17) is 10.1 Å². The number of carbonyl (C=O) groups excluding carboxylic acids is 1. The molecule has 0 aromatic carbocycles. The highest BCUT2D eigenvalue weighted by atomic mass is 16.2. The van der Waals surface area contributed by atoms with Gasteiger partial charge in [-0.1, -0.05) is 6.07 Å². The lowest BCUT2D eigenvalue weighted by molar-refractivity contribution is 0.0599. The van der Waals surface area contributed by atoms with Crippen molar-refractivity contribution >= 4 is 17.4 Å². The first-order valence-corrected chi connectivity index (χ1v) is 12.1. The number of carbonyl (C=O) groups is 1. The number of hydrogen-bond acceptors (Lipinski definition) is 6. The number of aromatic amines is 1. The van der Waals surface area contributed by atoms with E-state index in [1.54, 1.807) is 12.3 Å². The molecule has 9 nitrogen and oxygen atoms in total. The summed E-state index contributed by atoms with van der Waals surface area (Å²) in [6.07, 6.45) is 9.14. The van der Waals surface area contributed by atoms with Gasteiger partial charge in [0.1, 0.15) is 17.2 Å². The second-order valence-electron chi connectivity index (χ2n) is 9.21. The Bertz CT molecular complexity index is 1320. The van der Waals surface area contributed by atoms with Gasteiger partial charge in [-0.3, -0.25) is 14.9 Å². The molecule has 6 heterocycles. The van der Waals surface area contributed by atoms with E-state index in [-0.39, 0.29) is 11.9 Å². The normalized spacial score (nSPS) is 18.7. The van der Waals surface area contributed by atoms with E-state index in [9.17, 15) is 4.79 Å². The van der Waals surface area contributed by atoms with E-state index in [1.807, 2.05) is 33.7 Å². The average Bonchev–Trinajstić information content (AvgIpc) is 3.64. The van der Waals surface area contributed by atoms with E-state index in [2.05, 4.69) is 33.2 Å². The topological polar surface area (TPSA) is 95.3 Å². The molecule has 2 aliphatic rings. The minimum atomic E-state index is -0.0832. The Morgan fingerprint density at radius 1 is 1.06 bits per heavy atom. The van der Waals surface area contributed by atoms with Crippen LogP contribution in [0, 0.1) is 6.92 Å². The molecule has 0 aliphatic carbocycles. The third-order valence-corrected chi connectivity index (χ3v) is 6.87. The molecular formula is C25H28N8O. The van der Waals surface area contributed by atoms with Crippen LogP contribution in [0.1, 0.15) is 59.9 Å². The summed E-state index contributed by atoms with van der Waals surface area (Å²) in [4.78, 5) is 27.1. The van der Waals surface area contributed by atoms with Crippen LogP contribution in [0.25, 0.3) is 17.0 Å². The summed E-state index contributed by atoms with van der Waals surface area (Å²) in [5.74, 6) is 0.992. The van der Waals surface area contributed by atoms with Crippen LogP contribution in [0.5, 0.6) is 0 Å². The number of likely N-dealkylation sites (tertiary alicyclic amines) is 1. The van der Waals surface area contributed by atoms with E-state index in [1.165, 1.54) is 12.8 Å². The van der Waals surface area contributed by atoms with Gasteiger partial charge < -0.3 is 9.80 Å². The van der Waals surface area contributed by atoms with Crippen molar-refractivity contribution in [1.82, 2.24) is 34.7 Å². The third kappa shape index (κ3) is 3.70. The third-order valence-electron chi connectivity index (χ3n) is 6.87. The Morgan fingerprint density at radius 2 is 1.91 bits per heavy atom. The molecule has 9 heteroatoms. The van der Waals surface area contributed by atoms with Crippen molar-refractivity contribution in [3.05, 3.63) is 59.7 Å². The molecular weight excluding hydrogens is 428 g/mol. The molecule has 6 rings (SSSR count). The fraction of sp³-hybridized carbons (Fsp3) is 0.400. The first kappa shape index (κ1) is 20.8. The molecule has 2 fully saturated rings. The number of hydrogen-bond donors (Lipinski definition) is 1. The molecule has 4 aromatic rings. The van der Waals surface area contributed by atoms with Crippen LogP contribution in [-0.2, 0) is 0 Å². The molecule has 2 saturated heterocycles. The van der Waals surface area contributed by atoms with Crippen molar-refractivity contribution in [2.24, 2.45) is 0 Å². The summed E-state index contributed by atoms with van der Waals surface area (Å²) >= 11 is 0. The highest BCUT2D eigenvalue weighted by molar-refractivity contribution is 5.93. The van der Waals surface area contributed by atoms with Crippen LogP contribution in [0.2, 0.25) is 0 Å². The Hall–Kier alpha value is -3.75. The zero-order chi connectivity index (χ0) is 23.1. The summed E-state index contributed by atoms with van der Waals surface area (Å²) in [5.41, 5.74) is 4.73. The first-order chi connectivity index (χ1) is 16.7. The maximum Gasteiger partial charge on any atom is 0.272 e. The van der Waals surface area contributed by atoms with Crippen molar-refractivity contribution in [2.75, 3.05) is 24.5 Å². The van der Waals surface area contributed by atoms with Crippen molar-refractivity contribution in [3.8, 4) is 11.4 Å². The largest absolute Gasteiger partial charge is 0.356 e. The quantitative estimate of drug-likeness (QED) is 0.502. The Labute approximate surface area is 197 Å². The molecule has 0 bridgehead atoms. The number of fused-ring (bicyclic) bond motifs is 1. The number of piperidine rings is 1. The molecule has 2 aliphatic heterocycles. The molecule has 0 spiro atoms.